The van der Waals surface area contributed by atoms with Crippen molar-refractivity contribution in [3.05, 3.63) is 59.2 Å². The molecule has 0 amide bonds. The molecule has 0 fully saturated rings. The molecule has 1 aromatic carbocycles. The highest BCUT2D eigenvalue weighted by Gasteiger charge is 2.23. The van der Waals surface area contributed by atoms with Crippen molar-refractivity contribution in [1.29, 1.82) is 0 Å². The number of benzene rings is 1. The Morgan fingerprint density at radius 3 is 2.57 bits per heavy atom. The lowest BCUT2D eigenvalue weighted by molar-refractivity contribution is 0.554. The first-order chi connectivity index (χ1) is 13.2. The van der Waals surface area contributed by atoms with Crippen LogP contribution in [0.4, 0.5) is 4.39 Å². The third-order valence-corrected chi connectivity index (χ3v) is 5.96. The minimum absolute atomic E-state index is 0.00349. The van der Waals surface area contributed by atoms with Crippen molar-refractivity contribution in [2.75, 3.05) is 6.54 Å². The lowest BCUT2D eigenvalue weighted by atomic mass is 9.94. The number of allylic oxidation sites excluding steroid dienone is 1. The Hall–Kier alpha value is -2.55. The number of hydrogen-bond acceptors (Lipinski definition) is 4. The van der Waals surface area contributed by atoms with Gasteiger partial charge in [0, 0.05) is 29.4 Å². The lowest BCUT2D eigenvalue weighted by Crippen LogP contribution is -2.14. The molecule has 0 aliphatic carbocycles. The molecule has 0 atom stereocenters. The highest BCUT2D eigenvalue weighted by Crippen LogP contribution is 2.39. The van der Waals surface area contributed by atoms with Crippen LogP contribution in [0.1, 0.15) is 16.8 Å². The number of halogens is 1. The number of sulfonamides is 1. The quantitative estimate of drug-likeness (QED) is 0.684. The van der Waals surface area contributed by atoms with Gasteiger partial charge in [-0.2, -0.15) is 0 Å². The van der Waals surface area contributed by atoms with Crippen molar-refractivity contribution in [1.82, 2.24) is 9.55 Å². The number of aromatic nitrogens is 2. The number of aryl methyl sites for hydroxylation is 1. The van der Waals surface area contributed by atoms with Crippen LogP contribution in [-0.2, 0) is 16.6 Å². The van der Waals surface area contributed by atoms with Gasteiger partial charge in [-0.1, -0.05) is 6.07 Å². The SMILES string of the molecule is Cc1ccc(S(N)(=O)=O)c(C)c1-c1c(C)n(CC(F)=CCN)c2ncccc12. The molecule has 2 aromatic heterocycles. The zero-order valence-electron chi connectivity index (χ0n) is 16.0. The van der Waals surface area contributed by atoms with Crippen LogP contribution >= 0.6 is 0 Å². The molecular formula is C20H23FN4O2S. The molecule has 0 saturated carbocycles. The van der Waals surface area contributed by atoms with Gasteiger partial charge in [0.15, 0.2) is 0 Å². The first kappa shape index (κ1) is 20.2. The van der Waals surface area contributed by atoms with Gasteiger partial charge in [0.05, 0.1) is 11.4 Å². The summed E-state index contributed by atoms with van der Waals surface area (Å²) in [6.45, 7) is 5.62. The number of rotatable bonds is 5. The molecule has 6 nitrogen and oxygen atoms in total. The Bertz CT molecular complexity index is 1200. The predicted molar refractivity (Wildman–Crippen MR) is 109 cm³/mol. The van der Waals surface area contributed by atoms with Crippen LogP contribution in [0.5, 0.6) is 0 Å². The van der Waals surface area contributed by atoms with E-state index in [1.165, 1.54) is 12.1 Å². The van der Waals surface area contributed by atoms with Gasteiger partial charge in [0.25, 0.3) is 0 Å². The van der Waals surface area contributed by atoms with Crippen LogP contribution in [0.25, 0.3) is 22.2 Å². The summed E-state index contributed by atoms with van der Waals surface area (Å²) in [5.74, 6) is -0.355. The summed E-state index contributed by atoms with van der Waals surface area (Å²) in [6, 6.07) is 6.94. The van der Waals surface area contributed by atoms with E-state index in [1.807, 2.05) is 19.9 Å². The minimum Gasteiger partial charge on any atom is -0.327 e. The van der Waals surface area contributed by atoms with Gasteiger partial charge in [0.2, 0.25) is 10.0 Å². The van der Waals surface area contributed by atoms with Crippen LogP contribution in [-0.4, -0.2) is 24.5 Å². The second kappa shape index (κ2) is 7.46. The van der Waals surface area contributed by atoms with Gasteiger partial charge in [-0.25, -0.2) is 22.9 Å². The number of hydrogen-bond donors (Lipinski definition) is 2. The van der Waals surface area contributed by atoms with Crippen molar-refractivity contribution >= 4 is 21.1 Å². The van der Waals surface area contributed by atoms with Gasteiger partial charge in [0.1, 0.15) is 11.5 Å². The third kappa shape index (κ3) is 3.46. The highest BCUT2D eigenvalue weighted by molar-refractivity contribution is 7.89. The maximum Gasteiger partial charge on any atom is 0.238 e. The second-order valence-corrected chi connectivity index (χ2v) is 8.26. The molecule has 0 radical (unpaired) electrons. The van der Waals surface area contributed by atoms with E-state index in [0.29, 0.717) is 11.2 Å². The van der Waals surface area contributed by atoms with Crippen LogP contribution in [0.2, 0.25) is 0 Å². The van der Waals surface area contributed by atoms with E-state index in [0.717, 1.165) is 27.8 Å². The summed E-state index contributed by atoms with van der Waals surface area (Å²) in [5.41, 5.74) is 9.87. The average molecular weight is 402 g/mol. The van der Waals surface area contributed by atoms with Crippen molar-refractivity contribution in [3.8, 4) is 11.1 Å². The molecule has 8 heteroatoms. The Balaban J connectivity index is 2.38. The van der Waals surface area contributed by atoms with Gasteiger partial charge < -0.3 is 10.3 Å². The molecular weight excluding hydrogens is 379 g/mol. The summed E-state index contributed by atoms with van der Waals surface area (Å²) in [6.07, 6.45) is 2.97. The summed E-state index contributed by atoms with van der Waals surface area (Å²) >= 11 is 0. The first-order valence-electron chi connectivity index (χ1n) is 8.78. The normalized spacial score (nSPS) is 12.7. The van der Waals surface area contributed by atoms with Gasteiger partial charge in [-0.15, -0.1) is 0 Å². The van der Waals surface area contributed by atoms with Gasteiger partial charge >= 0.3 is 0 Å². The van der Waals surface area contributed by atoms with Crippen LogP contribution in [0.15, 0.2) is 47.3 Å². The zero-order chi connectivity index (χ0) is 20.6. The molecule has 0 aliphatic rings. The van der Waals surface area contributed by atoms with Crippen molar-refractivity contribution in [2.45, 2.75) is 32.2 Å². The van der Waals surface area contributed by atoms with Crippen LogP contribution in [0.3, 0.4) is 0 Å². The van der Waals surface area contributed by atoms with Crippen molar-refractivity contribution < 1.29 is 12.8 Å². The molecule has 3 rings (SSSR count). The standard InChI is InChI=1S/C20H23FN4O2S/c1-12-6-7-17(28(23,26)27)13(2)18(12)19-14(3)25(11-15(21)8-9-22)20-16(19)5-4-10-24-20/h4-8,10H,9,11,22H2,1-3H3,(H2,23,26,27). The fourth-order valence-electron chi connectivity index (χ4n) is 3.67. The van der Waals surface area contributed by atoms with Crippen molar-refractivity contribution in [3.63, 3.8) is 0 Å². The molecule has 0 saturated heterocycles. The Kier molecular flexibility index (Phi) is 5.38. The van der Waals surface area contributed by atoms with E-state index in [-0.39, 0.29) is 23.8 Å². The number of nitrogens with zero attached hydrogens (tertiary/aromatic N) is 2. The number of primary sulfonamides is 1. The highest BCUT2D eigenvalue weighted by atomic mass is 32.2. The van der Waals surface area contributed by atoms with Gasteiger partial charge in [-0.05, 0) is 61.7 Å². The fraction of sp³-hybridized carbons (Fsp3) is 0.250. The van der Waals surface area contributed by atoms with Gasteiger partial charge in [-0.3, -0.25) is 0 Å². The number of nitrogens with two attached hydrogens (primary N) is 2. The molecule has 148 valence electrons. The largest absolute Gasteiger partial charge is 0.327 e. The average Bonchev–Trinajstić information content (AvgIpc) is 2.87. The summed E-state index contributed by atoms with van der Waals surface area (Å²) in [4.78, 5) is 4.50. The lowest BCUT2D eigenvalue weighted by Gasteiger charge is -2.14. The van der Waals surface area contributed by atoms with E-state index in [4.69, 9.17) is 10.9 Å². The summed E-state index contributed by atoms with van der Waals surface area (Å²) < 4.78 is 40.0. The summed E-state index contributed by atoms with van der Waals surface area (Å²) in [7, 11) is -3.87. The molecule has 2 heterocycles. The fourth-order valence-corrected chi connectivity index (χ4v) is 4.46. The Morgan fingerprint density at radius 1 is 1.21 bits per heavy atom. The molecule has 28 heavy (non-hydrogen) atoms. The Morgan fingerprint density at radius 2 is 1.93 bits per heavy atom. The first-order valence-corrected chi connectivity index (χ1v) is 10.3. The topological polar surface area (TPSA) is 104 Å². The van der Waals surface area contributed by atoms with Crippen LogP contribution < -0.4 is 10.9 Å². The summed E-state index contributed by atoms with van der Waals surface area (Å²) in [5, 5.41) is 6.21. The Labute approximate surface area is 163 Å². The van der Waals surface area contributed by atoms with E-state index in [1.54, 1.807) is 29.8 Å². The molecule has 0 spiro atoms. The third-order valence-electron chi connectivity index (χ3n) is 4.91. The van der Waals surface area contributed by atoms with E-state index < -0.39 is 10.0 Å². The molecule has 4 N–H and O–H groups in total. The van der Waals surface area contributed by atoms with Crippen molar-refractivity contribution in [2.24, 2.45) is 10.9 Å². The second-order valence-electron chi connectivity index (χ2n) is 6.73. The van der Waals surface area contributed by atoms with E-state index in [2.05, 4.69) is 4.98 Å². The van der Waals surface area contributed by atoms with E-state index in [9.17, 15) is 12.8 Å². The predicted octanol–water partition coefficient (Wildman–Crippen LogP) is 3.09. The molecule has 0 bridgehead atoms. The number of fused-ring (bicyclic) bond motifs is 1. The molecule has 0 aliphatic heterocycles. The smallest absolute Gasteiger partial charge is 0.238 e. The van der Waals surface area contributed by atoms with Crippen LogP contribution in [0, 0.1) is 20.8 Å². The molecule has 3 aromatic rings. The van der Waals surface area contributed by atoms with E-state index >= 15 is 0 Å². The number of pyridine rings is 1. The zero-order valence-corrected chi connectivity index (χ0v) is 16.8. The monoisotopic (exact) mass is 402 g/mol. The maximum absolute atomic E-state index is 14.2. The molecule has 0 unspecified atom stereocenters. The minimum atomic E-state index is -3.87. The maximum atomic E-state index is 14.2.